The van der Waals surface area contributed by atoms with E-state index in [0.717, 1.165) is 28.1 Å². The highest BCUT2D eigenvalue weighted by atomic mass is 16.5. The quantitative estimate of drug-likeness (QED) is 0.464. The number of aromatic nitrogens is 2. The van der Waals surface area contributed by atoms with E-state index in [4.69, 9.17) is 14.3 Å². The molecular weight excluding hydrogens is 404 g/mol. The lowest BCUT2D eigenvalue weighted by molar-refractivity contribution is -0.133. The van der Waals surface area contributed by atoms with E-state index < -0.39 is 0 Å². The highest BCUT2D eigenvalue weighted by Crippen LogP contribution is 2.33. The minimum absolute atomic E-state index is 0.118. The maximum atomic E-state index is 13.4. The molecule has 2 aromatic carbocycles. The SMILES string of the molecule is COc1ccc(C2=NN(C(=O)Cn3cnc4cc(C)c(C)cc43)C(c3ccco3)C2)cc1. The van der Waals surface area contributed by atoms with Crippen LogP contribution in [0.2, 0.25) is 0 Å². The first-order valence-electron chi connectivity index (χ1n) is 10.5. The number of hydrazone groups is 1. The van der Waals surface area contributed by atoms with Gasteiger partial charge >= 0.3 is 0 Å². The molecule has 4 aromatic rings. The molecule has 3 heterocycles. The van der Waals surface area contributed by atoms with Gasteiger partial charge in [0.1, 0.15) is 24.1 Å². The first-order valence-corrected chi connectivity index (χ1v) is 10.5. The van der Waals surface area contributed by atoms with E-state index >= 15 is 0 Å². The zero-order valence-electron chi connectivity index (χ0n) is 18.3. The van der Waals surface area contributed by atoms with Crippen molar-refractivity contribution in [3.05, 3.63) is 83.6 Å². The Hall–Kier alpha value is -3.87. The maximum absolute atomic E-state index is 13.4. The lowest BCUT2D eigenvalue weighted by Gasteiger charge is -2.20. The van der Waals surface area contributed by atoms with Gasteiger partial charge in [-0.3, -0.25) is 4.79 Å². The third-order valence-corrected chi connectivity index (χ3v) is 6.00. The number of furan rings is 1. The molecule has 2 aromatic heterocycles. The lowest BCUT2D eigenvalue weighted by atomic mass is 10.0. The highest BCUT2D eigenvalue weighted by molar-refractivity contribution is 6.03. The average molecular weight is 428 g/mol. The van der Waals surface area contributed by atoms with Crippen molar-refractivity contribution in [2.75, 3.05) is 7.11 Å². The van der Waals surface area contributed by atoms with E-state index in [2.05, 4.69) is 24.9 Å². The van der Waals surface area contributed by atoms with Gasteiger partial charge in [-0.15, -0.1) is 0 Å². The molecule has 1 atom stereocenters. The van der Waals surface area contributed by atoms with Crippen molar-refractivity contribution in [1.82, 2.24) is 14.6 Å². The second-order valence-corrected chi connectivity index (χ2v) is 8.05. The number of benzene rings is 2. The van der Waals surface area contributed by atoms with Crippen LogP contribution in [-0.4, -0.2) is 33.3 Å². The minimum atomic E-state index is -0.284. The predicted molar refractivity (Wildman–Crippen MR) is 122 cm³/mol. The van der Waals surface area contributed by atoms with E-state index in [1.165, 1.54) is 11.1 Å². The van der Waals surface area contributed by atoms with Crippen molar-refractivity contribution in [2.45, 2.75) is 32.9 Å². The lowest BCUT2D eigenvalue weighted by Crippen LogP contribution is -2.30. The molecule has 0 saturated heterocycles. The highest BCUT2D eigenvalue weighted by Gasteiger charge is 2.35. The Kier molecular flexibility index (Phi) is 5.01. The summed E-state index contributed by atoms with van der Waals surface area (Å²) in [7, 11) is 1.64. The van der Waals surface area contributed by atoms with Crippen LogP contribution in [0.3, 0.4) is 0 Å². The van der Waals surface area contributed by atoms with Gasteiger partial charge < -0.3 is 13.7 Å². The Bertz CT molecular complexity index is 1300. The molecule has 5 rings (SSSR count). The minimum Gasteiger partial charge on any atom is -0.497 e. The number of carbonyl (C=O) groups is 1. The summed E-state index contributed by atoms with van der Waals surface area (Å²) in [6.45, 7) is 4.27. The Labute approximate surface area is 185 Å². The summed E-state index contributed by atoms with van der Waals surface area (Å²) in [5.41, 5.74) is 5.96. The van der Waals surface area contributed by atoms with Crippen LogP contribution in [-0.2, 0) is 11.3 Å². The maximum Gasteiger partial charge on any atom is 0.263 e. The molecule has 1 unspecified atom stereocenters. The normalized spacial score (nSPS) is 15.9. The Morgan fingerprint density at radius 2 is 1.94 bits per heavy atom. The summed E-state index contributed by atoms with van der Waals surface area (Å²) in [4.78, 5) is 17.9. The van der Waals surface area contributed by atoms with Crippen LogP contribution in [0, 0.1) is 13.8 Å². The third-order valence-electron chi connectivity index (χ3n) is 6.00. The molecule has 0 bridgehead atoms. The molecule has 32 heavy (non-hydrogen) atoms. The van der Waals surface area contributed by atoms with Crippen molar-refractivity contribution >= 4 is 22.7 Å². The molecule has 1 aliphatic rings. The van der Waals surface area contributed by atoms with Gasteiger partial charge in [-0.2, -0.15) is 5.10 Å². The smallest absolute Gasteiger partial charge is 0.263 e. The van der Waals surface area contributed by atoms with Crippen LogP contribution in [0.15, 0.2) is 70.6 Å². The molecule has 0 radical (unpaired) electrons. The van der Waals surface area contributed by atoms with Crippen LogP contribution >= 0.6 is 0 Å². The van der Waals surface area contributed by atoms with Crippen molar-refractivity contribution in [1.29, 1.82) is 0 Å². The topological polar surface area (TPSA) is 72.9 Å². The van der Waals surface area contributed by atoms with E-state index in [-0.39, 0.29) is 18.5 Å². The van der Waals surface area contributed by atoms with Crippen LogP contribution in [0.25, 0.3) is 11.0 Å². The van der Waals surface area contributed by atoms with Crippen molar-refractivity contribution in [3.8, 4) is 5.75 Å². The van der Waals surface area contributed by atoms with Gasteiger partial charge in [-0.25, -0.2) is 9.99 Å². The molecule has 1 aliphatic heterocycles. The standard InChI is InChI=1S/C25H24N4O3/c1-16-11-21-22(12-17(16)2)28(15-26-21)14-25(30)29-23(24-5-4-10-32-24)13-20(27-29)18-6-8-19(31-3)9-7-18/h4-12,15,23H,13-14H2,1-3H3. The summed E-state index contributed by atoms with van der Waals surface area (Å²) in [5, 5.41) is 6.26. The molecule has 7 nitrogen and oxygen atoms in total. The fourth-order valence-corrected chi connectivity index (χ4v) is 4.06. The fourth-order valence-electron chi connectivity index (χ4n) is 4.06. The fraction of sp³-hybridized carbons (Fsp3) is 0.240. The second-order valence-electron chi connectivity index (χ2n) is 8.05. The molecule has 1 amide bonds. The number of nitrogens with zero attached hydrogens (tertiary/aromatic N) is 4. The second kappa shape index (κ2) is 8.00. The zero-order valence-corrected chi connectivity index (χ0v) is 18.3. The Morgan fingerprint density at radius 1 is 1.16 bits per heavy atom. The van der Waals surface area contributed by atoms with Gasteiger partial charge in [0, 0.05) is 6.42 Å². The Balaban J connectivity index is 1.46. The van der Waals surface area contributed by atoms with E-state index in [1.54, 1.807) is 24.7 Å². The average Bonchev–Trinajstić information content (AvgIpc) is 3.55. The zero-order chi connectivity index (χ0) is 22.2. The van der Waals surface area contributed by atoms with E-state index in [0.29, 0.717) is 12.2 Å². The number of rotatable bonds is 5. The molecule has 0 aliphatic carbocycles. The summed E-state index contributed by atoms with van der Waals surface area (Å²) < 4.78 is 12.8. The third kappa shape index (κ3) is 3.56. The Morgan fingerprint density at radius 3 is 2.66 bits per heavy atom. The summed E-state index contributed by atoms with van der Waals surface area (Å²) in [6.07, 6.45) is 3.92. The summed E-state index contributed by atoms with van der Waals surface area (Å²) in [5.74, 6) is 1.38. The van der Waals surface area contributed by atoms with E-state index in [9.17, 15) is 4.79 Å². The summed E-state index contributed by atoms with van der Waals surface area (Å²) in [6, 6.07) is 15.3. The molecule has 0 fully saturated rings. The number of amides is 1. The van der Waals surface area contributed by atoms with Crippen LogP contribution in [0.4, 0.5) is 0 Å². The van der Waals surface area contributed by atoms with Gasteiger partial charge in [-0.05, 0) is 79.1 Å². The first kappa shape index (κ1) is 20.1. The monoisotopic (exact) mass is 428 g/mol. The number of hydrogen-bond donors (Lipinski definition) is 0. The van der Waals surface area contributed by atoms with Crippen LogP contribution in [0.1, 0.15) is 34.9 Å². The molecule has 0 N–H and O–H groups in total. The number of hydrogen-bond acceptors (Lipinski definition) is 5. The number of methoxy groups -OCH3 is 1. The van der Waals surface area contributed by atoms with Crippen molar-refractivity contribution in [3.63, 3.8) is 0 Å². The predicted octanol–water partition coefficient (Wildman–Crippen LogP) is 4.63. The number of ether oxygens (including phenoxy) is 1. The van der Waals surface area contributed by atoms with Gasteiger partial charge in [0.05, 0.1) is 36.4 Å². The molecule has 162 valence electrons. The van der Waals surface area contributed by atoms with Gasteiger partial charge in [-0.1, -0.05) is 0 Å². The molecule has 0 saturated carbocycles. The van der Waals surface area contributed by atoms with Crippen molar-refractivity contribution < 1.29 is 13.9 Å². The number of carbonyl (C=O) groups excluding carboxylic acids is 1. The number of imidazole rings is 1. The van der Waals surface area contributed by atoms with Crippen LogP contribution < -0.4 is 4.74 Å². The van der Waals surface area contributed by atoms with Gasteiger partial charge in [0.25, 0.3) is 5.91 Å². The van der Waals surface area contributed by atoms with E-state index in [1.807, 2.05) is 47.0 Å². The molecule has 7 heteroatoms. The summed E-state index contributed by atoms with van der Waals surface area (Å²) >= 11 is 0. The number of aryl methyl sites for hydroxylation is 2. The molecule has 0 spiro atoms. The van der Waals surface area contributed by atoms with Crippen molar-refractivity contribution in [2.24, 2.45) is 5.10 Å². The number of fused-ring (bicyclic) bond motifs is 1. The first-order chi connectivity index (χ1) is 15.5. The van der Waals surface area contributed by atoms with Gasteiger partial charge in [0.15, 0.2) is 0 Å². The molecular formula is C25H24N4O3. The van der Waals surface area contributed by atoms with Gasteiger partial charge in [0.2, 0.25) is 0 Å². The van der Waals surface area contributed by atoms with Crippen LogP contribution in [0.5, 0.6) is 5.75 Å². The largest absolute Gasteiger partial charge is 0.497 e.